The molecule has 1 N–H and O–H groups in total. The molecule has 16 heavy (non-hydrogen) atoms. The minimum atomic E-state index is -0.0448. The number of halogens is 1. The van der Waals surface area contributed by atoms with Gasteiger partial charge in [0.25, 0.3) is 5.56 Å². The van der Waals surface area contributed by atoms with Crippen LogP contribution in [0.2, 0.25) is 5.15 Å². The van der Waals surface area contributed by atoms with E-state index in [-0.39, 0.29) is 5.56 Å². The second-order valence-electron chi connectivity index (χ2n) is 3.42. The topological polar surface area (TPSA) is 63.6 Å². The minimum Gasteiger partial charge on any atom is -0.292 e. The van der Waals surface area contributed by atoms with Crippen LogP contribution in [0.5, 0.6) is 0 Å². The molecule has 82 valence electrons. The third kappa shape index (κ3) is 1.45. The fraction of sp³-hybridized carbons (Fsp3) is 0.222. The molecule has 2 aromatic heterocycles. The number of aromatic nitrogens is 4. The predicted octanol–water partition coefficient (Wildman–Crippen LogP) is 1.36. The molecule has 0 bridgehead atoms. The van der Waals surface area contributed by atoms with Gasteiger partial charge in [-0.1, -0.05) is 11.6 Å². The monoisotopic (exact) mass is 254 g/mol. The van der Waals surface area contributed by atoms with Gasteiger partial charge in [-0.25, -0.2) is 0 Å². The number of nitrogens with zero attached hydrogens (tertiary/aromatic N) is 3. The van der Waals surface area contributed by atoms with Gasteiger partial charge in [-0.3, -0.25) is 9.89 Å². The van der Waals surface area contributed by atoms with E-state index in [4.69, 9.17) is 11.6 Å². The molecule has 7 heteroatoms. The lowest BCUT2D eigenvalue weighted by molar-refractivity contribution is 0.779. The van der Waals surface area contributed by atoms with Gasteiger partial charge in [0.1, 0.15) is 0 Å². The second kappa shape index (κ2) is 3.64. The van der Waals surface area contributed by atoms with E-state index < -0.39 is 0 Å². The van der Waals surface area contributed by atoms with Gasteiger partial charge in [-0.15, -0.1) is 10.2 Å². The Kier molecular flexibility index (Phi) is 2.26. The molecule has 0 aliphatic carbocycles. The fourth-order valence-electron chi connectivity index (χ4n) is 1.63. The molecule has 0 amide bonds. The van der Waals surface area contributed by atoms with E-state index in [2.05, 4.69) is 15.3 Å². The fourth-order valence-corrected chi connectivity index (χ4v) is 2.78. The molecule has 0 radical (unpaired) electrons. The van der Waals surface area contributed by atoms with Gasteiger partial charge in [-0.2, -0.15) is 16.4 Å². The average molecular weight is 255 g/mol. The van der Waals surface area contributed by atoms with Crippen molar-refractivity contribution >= 4 is 23.4 Å². The van der Waals surface area contributed by atoms with Gasteiger partial charge < -0.3 is 0 Å². The van der Waals surface area contributed by atoms with Crippen LogP contribution in [0.15, 0.2) is 16.9 Å². The molecule has 0 spiro atoms. The molecule has 0 saturated heterocycles. The Morgan fingerprint density at radius 1 is 1.38 bits per heavy atom. The number of nitrogens with one attached hydrogen (secondary N) is 1. The normalized spacial score (nSPS) is 14.1. The maximum Gasteiger partial charge on any atom is 0.277 e. The highest BCUT2D eigenvalue weighted by molar-refractivity contribution is 7.98. The summed E-state index contributed by atoms with van der Waals surface area (Å²) in [5.74, 6) is 2.07. The summed E-state index contributed by atoms with van der Waals surface area (Å²) in [6, 6.07) is 3.27. The van der Waals surface area contributed by atoms with E-state index in [1.165, 1.54) is 4.68 Å². The van der Waals surface area contributed by atoms with E-state index in [9.17, 15) is 4.79 Å². The van der Waals surface area contributed by atoms with Gasteiger partial charge in [0, 0.05) is 11.5 Å². The number of aromatic amines is 1. The highest BCUT2D eigenvalue weighted by Crippen LogP contribution is 2.25. The van der Waals surface area contributed by atoms with E-state index in [1.807, 2.05) is 0 Å². The SMILES string of the molecule is O=c1c2c([nH]n1-c1ccc(Cl)nn1)CSC2. The Bertz CT molecular complexity index is 589. The average Bonchev–Trinajstić information content (AvgIpc) is 2.84. The zero-order valence-electron chi connectivity index (χ0n) is 8.11. The first-order chi connectivity index (χ1) is 7.75. The van der Waals surface area contributed by atoms with Crippen LogP contribution < -0.4 is 5.56 Å². The van der Waals surface area contributed by atoms with E-state index >= 15 is 0 Å². The zero-order chi connectivity index (χ0) is 11.1. The first-order valence-electron chi connectivity index (χ1n) is 4.66. The van der Waals surface area contributed by atoms with Crippen molar-refractivity contribution in [2.24, 2.45) is 0 Å². The Labute approximate surface area is 99.8 Å². The molecule has 0 fully saturated rings. The summed E-state index contributed by atoms with van der Waals surface area (Å²) in [7, 11) is 0. The first-order valence-corrected chi connectivity index (χ1v) is 6.19. The molecule has 3 heterocycles. The summed E-state index contributed by atoms with van der Waals surface area (Å²) < 4.78 is 1.41. The molecule has 1 aliphatic rings. The quantitative estimate of drug-likeness (QED) is 0.835. The summed E-state index contributed by atoms with van der Waals surface area (Å²) in [5.41, 5.74) is 1.77. The van der Waals surface area contributed by atoms with Crippen molar-refractivity contribution in [1.29, 1.82) is 0 Å². The molecule has 0 aromatic carbocycles. The molecular weight excluding hydrogens is 248 g/mol. The van der Waals surface area contributed by atoms with E-state index in [0.29, 0.717) is 11.0 Å². The first kappa shape index (κ1) is 9.92. The van der Waals surface area contributed by atoms with Gasteiger partial charge in [0.2, 0.25) is 0 Å². The molecule has 0 unspecified atom stereocenters. The van der Waals surface area contributed by atoms with Crippen molar-refractivity contribution in [2.75, 3.05) is 0 Å². The summed E-state index contributed by atoms with van der Waals surface area (Å²) in [6.07, 6.45) is 0. The maximum absolute atomic E-state index is 12.0. The van der Waals surface area contributed by atoms with Crippen molar-refractivity contribution < 1.29 is 0 Å². The molecular formula is C9H7ClN4OS. The number of hydrogen-bond acceptors (Lipinski definition) is 4. The van der Waals surface area contributed by atoms with Crippen LogP contribution in [0.25, 0.3) is 5.82 Å². The van der Waals surface area contributed by atoms with Crippen molar-refractivity contribution in [1.82, 2.24) is 20.0 Å². The summed E-state index contributed by atoms with van der Waals surface area (Å²) in [4.78, 5) is 12.0. The Balaban J connectivity index is 2.14. The Hall–Kier alpha value is -1.27. The van der Waals surface area contributed by atoms with Crippen LogP contribution in [0.4, 0.5) is 0 Å². The summed E-state index contributed by atoms with van der Waals surface area (Å²) in [5, 5.41) is 10.9. The van der Waals surface area contributed by atoms with Crippen molar-refractivity contribution in [3.63, 3.8) is 0 Å². The number of thioether (sulfide) groups is 1. The number of hydrogen-bond donors (Lipinski definition) is 1. The smallest absolute Gasteiger partial charge is 0.277 e. The zero-order valence-corrected chi connectivity index (χ0v) is 9.68. The van der Waals surface area contributed by atoms with Crippen LogP contribution >= 0.6 is 23.4 Å². The summed E-state index contributed by atoms with van der Waals surface area (Å²) in [6.45, 7) is 0. The molecule has 0 atom stereocenters. The predicted molar refractivity (Wildman–Crippen MR) is 62.0 cm³/mol. The molecule has 0 saturated carbocycles. The number of fused-ring (bicyclic) bond motifs is 1. The molecule has 1 aliphatic heterocycles. The van der Waals surface area contributed by atoms with Crippen molar-refractivity contribution in [3.05, 3.63) is 38.9 Å². The van der Waals surface area contributed by atoms with Crippen LogP contribution in [-0.4, -0.2) is 20.0 Å². The highest BCUT2D eigenvalue weighted by atomic mass is 35.5. The van der Waals surface area contributed by atoms with Crippen molar-refractivity contribution in [3.8, 4) is 5.82 Å². The largest absolute Gasteiger partial charge is 0.292 e. The highest BCUT2D eigenvalue weighted by Gasteiger charge is 2.20. The van der Waals surface area contributed by atoms with Gasteiger partial charge in [0.15, 0.2) is 11.0 Å². The lowest BCUT2D eigenvalue weighted by atomic mass is 10.3. The van der Waals surface area contributed by atoms with E-state index in [1.54, 1.807) is 23.9 Å². The van der Waals surface area contributed by atoms with Crippen LogP contribution in [-0.2, 0) is 11.5 Å². The maximum atomic E-state index is 12.0. The van der Waals surface area contributed by atoms with Gasteiger partial charge in [0.05, 0.1) is 11.3 Å². The molecule has 5 nitrogen and oxygen atoms in total. The van der Waals surface area contributed by atoms with E-state index in [0.717, 1.165) is 22.8 Å². The standard InChI is InChI=1S/C9H7ClN4OS/c10-7-1-2-8(12-11-7)14-9(15)5-3-16-4-6(5)13-14/h1-2,13H,3-4H2. The van der Waals surface area contributed by atoms with Crippen molar-refractivity contribution in [2.45, 2.75) is 11.5 Å². The number of H-pyrrole nitrogens is 1. The third-order valence-electron chi connectivity index (χ3n) is 2.41. The molecule has 3 rings (SSSR count). The lowest BCUT2D eigenvalue weighted by Crippen LogP contribution is -2.18. The van der Waals surface area contributed by atoms with Gasteiger partial charge in [-0.05, 0) is 12.1 Å². The third-order valence-corrected chi connectivity index (χ3v) is 3.60. The van der Waals surface area contributed by atoms with Crippen LogP contribution in [0.1, 0.15) is 11.3 Å². The van der Waals surface area contributed by atoms with Gasteiger partial charge >= 0.3 is 0 Å². The summed E-state index contributed by atoms with van der Waals surface area (Å²) >= 11 is 7.37. The lowest BCUT2D eigenvalue weighted by Gasteiger charge is -1.99. The van der Waals surface area contributed by atoms with Crippen LogP contribution in [0, 0.1) is 0 Å². The Morgan fingerprint density at radius 3 is 2.94 bits per heavy atom. The minimum absolute atomic E-state index is 0.0448. The Morgan fingerprint density at radius 2 is 2.25 bits per heavy atom. The van der Waals surface area contributed by atoms with Crippen LogP contribution in [0.3, 0.4) is 0 Å². The number of rotatable bonds is 1. The second-order valence-corrected chi connectivity index (χ2v) is 4.79. The molecule has 2 aromatic rings.